The first-order valence-corrected chi connectivity index (χ1v) is 11.3. The molecule has 0 aromatic carbocycles. The molecule has 1 N–H and O–H groups in total. The summed E-state index contributed by atoms with van der Waals surface area (Å²) in [5.41, 5.74) is 1.83. The third-order valence-corrected chi connectivity index (χ3v) is 9.79. The minimum absolute atomic E-state index is 0.377. The lowest BCUT2D eigenvalue weighted by atomic mass is 9.48. The molecule has 8 atom stereocenters. The summed E-state index contributed by atoms with van der Waals surface area (Å²) >= 11 is 0. The van der Waals surface area contributed by atoms with Crippen LogP contribution in [0.15, 0.2) is 12.2 Å². The van der Waals surface area contributed by atoms with Crippen molar-refractivity contribution in [2.75, 3.05) is 0 Å². The zero-order valence-electron chi connectivity index (χ0n) is 16.5. The van der Waals surface area contributed by atoms with Crippen molar-refractivity contribution in [3.8, 4) is 0 Å². The molecule has 0 spiro atoms. The van der Waals surface area contributed by atoms with E-state index in [1.165, 1.54) is 57.8 Å². The zero-order valence-corrected chi connectivity index (χ0v) is 16.5. The van der Waals surface area contributed by atoms with E-state index < -0.39 is 0 Å². The molecule has 5 saturated carbocycles. The van der Waals surface area contributed by atoms with Gasteiger partial charge in [0.2, 0.25) is 0 Å². The molecule has 0 saturated heterocycles. The van der Waals surface area contributed by atoms with Gasteiger partial charge in [-0.3, -0.25) is 0 Å². The van der Waals surface area contributed by atoms with E-state index in [0.29, 0.717) is 5.41 Å². The lowest BCUT2D eigenvalue weighted by Gasteiger charge is -2.57. The van der Waals surface area contributed by atoms with Crippen LogP contribution in [0.25, 0.3) is 0 Å². The third-order valence-electron chi connectivity index (χ3n) is 9.79. The number of rotatable bonds is 2. The van der Waals surface area contributed by atoms with Crippen LogP contribution in [0.4, 0.5) is 0 Å². The Balaban J connectivity index is 1.36. The van der Waals surface area contributed by atoms with Gasteiger partial charge in [-0.05, 0) is 124 Å². The highest BCUT2D eigenvalue weighted by Gasteiger charge is 2.58. The average Bonchev–Trinajstić information content (AvgIpc) is 3.35. The predicted octanol–water partition coefficient (Wildman–Crippen LogP) is 5.97. The Bertz CT molecular complexity index is 558. The summed E-state index contributed by atoms with van der Waals surface area (Å²) in [5.74, 6) is 6.38. The fraction of sp³-hybridized carbons (Fsp3) is 0.917. The van der Waals surface area contributed by atoms with Crippen LogP contribution in [-0.2, 0) is 0 Å². The number of aliphatic hydroxyl groups is 1. The first kappa shape index (κ1) is 16.8. The Kier molecular flexibility index (Phi) is 3.77. The fourth-order valence-corrected chi connectivity index (χ4v) is 8.43. The first-order valence-electron chi connectivity index (χ1n) is 11.3. The Hall–Kier alpha value is -0.300. The Morgan fingerprint density at radius 2 is 1.60 bits per heavy atom. The van der Waals surface area contributed by atoms with Crippen molar-refractivity contribution in [2.24, 2.45) is 46.8 Å². The summed E-state index contributed by atoms with van der Waals surface area (Å²) in [5, 5.41) is 10.5. The van der Waals surface area contributed by atoms with Crippen LogP contribution in [0.2, 0.25) is 0 Å². The van der Waals surface area contributed by atoms with Crippen LogP contribution < -0.4 is 0 Å². The number of hydrogen-bond acceptors (Lipinski definition) is 1. The van der Waals surface area contributed by atoms with Crippen LogP contribution in [0.3, 0.4) is 0 Å². The van der Waals surface area contributed by atoms with Crippen molar-refractivity contribution in [3.63, 3.8) is 0 Å². The third kappa shape index (κ3) is 2.59. The molecule has 0 aromatic heterocycles. The highest BCUT2D eigenvalue weighted by Crippen LogP contribution is 2.66. The van der Waals surface area contributed by atoms with Crippen molar-refractivity contribution >= 4 is 0 Å². The predicted molar refractivity (Wildman–Crippen MR) is 103 cm³/mol. The first-order chi connectivity index (χ1) is 11.9. The highest BCUT2D eigenvalue weighted by molar-refractivity contribution is 5.20. The van der Waals surface area contributed by atoms with Gasteiger partial charge in [-0.2, -0.15) is 0 Å². The molecule has 0 unspecified atom stereocenters. The van der Waals surface area contributed by atoms with Crippen LogP contribution in [0, 0.1) is 46.8 Å². The number of hydrogen-bond donors (Lipinski definition) is 1. The van der Waals surface area contributed by atoms with E-state index in [1.807, 2.05) is 0 Å². The van der Waals surface area contributed by atoms with Crippen molar-refractivity contribution < 1.29 is 5.11 Å². The van der Waals surface area contributed by atoms with Gasteiger partial charge in [0.1, 0.15) is 0 Å². The normalized spacial score (nSPS) is 55.2. The van der Waals surface area contributed by atoms with Gasteiger partial charge in [-0.15, -0.1) is 0 Å². The van der Waals surface area contributed by atoms with E-state index in [2.05, 4.69) is 20.4 Å². The minimum atomic E-state index is -0.377. The van der Waals surface area contributed by atoms with E-state index in [9.17, 15) is 5.11 Å². The van der Waals surface area contributed by atoms with Crippen molar-refractivity contribution in [1.29, 1.82) is 0 Å². The molecule has 5 aliphatic rings. The minimum Gasteiger partial charge on any atom is -0.390 e. The second kappa shape index (κ2) is 5.60. The Morgan fingerprint density at radius 1 is 0.840 bits per heavy atom. The SMILES string of the molecule is C=C(C1CC1)[C@H]1CC[C@H]2[C@@H]3CC[C@@H]4C[C@](C)(O)CC[C@@H]4[C@H]3CC[C@]12C. The molecule has 0 aromatic rings. The summed E-state index contributed by atoms with van der Waals surface area (Å²) in [7, 11) is 0. The van der Waals surface area contributed by atoms with Gasteiger partial charge in [0.25, 0.3) is 0 Å². The monoisotopic (exact) mass is 342 g/mol. The van der Waals surface area contributed by atoms with E-state index >= 15 is 0 Å². The van der Waals surface area contributed by atoms with Gasteiger partial charge in [0.15, 0.2) is 0 Å². The molecule has 1 heteroatoms. The molecular formula is C24H38O. The van der Waals surface area contributed by atoms with E-state index in [4.69, 9.17) is 0 Å². The molecule has 0 bridgehead atoms. The zero-order chi connectivity index (χ0) is 17.4. The molecule has 25 heavy (non-hydrogen) atoms. The van der Waals surface area contributed by atoms with E-state index in [-0.39, 0.29) is 5.60 Å². The van der Waals surface area contributed by atoms with Gasteiger partial charge < -0.3 is 5.11 Å². The van der Waals surface area contributed by atoms with Crippen molar-refractivity contribution in [3.05, 3.63) is 12.2 Å². The summed E-state index contributed by atoms with van der Waals surface area (Å²) in [4.78, 5) is 0. The Labute approximate surface area is 154 Å². The van der Waals surface area contributed by atoms with E-state index in [1.54, 1.807) is 5.57 Å². The van der Waals surface area contributed by atoms with Crippen LogP contribution in [0.1, 0.15) is 84.5 Å². The van der Waals surface area contributed by atoms with Gasteiger partial charge >= 0.3 is 0 Å². The molecule has 1 nitrogen and oxygen atoms in total. The van der Waals surface area contributed by atoms with Gasteiger partial charge in [-0.1, -0.05) is 19.1 Å². The smallest absolute Gasteiger partial charge is 0.0622 e. The second-order valence-corrected chi connectivity index (χ2v) is 11.2. The Morgan fingerprint density at radius 3 is 2.36 bits per heavy atom. The lowest BCUT2D eigenvalue weighted by molar-refractivity contribution is -0.0979. The summed E-state index contributed by atoms with van der Waals surface area (Å²) in [6.07, 6.45) is 14.9. The van der Waals surface area contributed by atoms with Gasteiger partial charge in [-0.25, -0.2) is 0 Å². The highest BCUT2D eigenvalue weighted by atomic mass is 16.3. The molecular weight excluding hydrogens is 304 g/mol. The van der Waals surface area contributed by atoms with Crippen LogP contribution >= 0.6 is 0 Å². The maximum Gasteiger partial charge on any atom is 0.0622 e. The van der Waals surface area contributed by atoms with Crippen molar-refractivity contribution in [1.82, 2.24) is 0 Å². The fourth-order valence-electron chi connectivity index (χ4n) is 8.43. The molecule has 140 valence electrons. The molecule has 0 heterocycles. The van der Waals surface area contributed by atoms with Crippen LogP contribution in [-0.4, -0.2) is 10.7 Å². The molecule has 0 radical (unpaired) electrons. The largest absolute Gasteiger partial charge is 0.390 e. The molecule has 5 rings (SSSR count). The molecule has 0 aliphatic heterocycles. The number of fused-ring (bicyclic) bond motifs is 5. The van der Waals surface area contributed by atoms with Crippen LogP contribution in [0.5, 0.6) is 0 Å². The molecule has 5 fully saturated rings. The number of allylic oxidation sites excluding steroid dienone is 1. The summed E-state index contributed by atoms with van der Waals surface area (Å²) in [6, 6.07) is 0. The van der Waals surface area contributed by atoms with Gasteiger partial charge in [0, 0.05) is 0 Å². The standard InChI is InChI=1S/C24H38O/c1-15(16-4-5-16)21-8-9-22-20-7-6-17-14-23(2,25)12-10-18(17)19(20)11-13-24(21,22)3/h16-22,25H,1,4-14H2,2-3H3/t17-,18+,19-,20-,21-,22+,23-,24-/m1/s1. The average molecular weight is 343 g/mol. The quantitative estimate of drug-likeness (QED) is 0.613. The topological polar surface area (TPSA) is 20.2 Å². The maximum absolute atomic E-state index is 10.5. The maximum atomic E-state index is 10.5. The lowest BCUT2D eigenvalue weighted by Crippen LogP contribution is -2.50. The summed E-state index contributed by atoms with van der Waals surface area (Å²) in [6.45, 7) is 9.32. The molecule has 5 aliphatic carbocycles. The van der Waals surface area contributed by atoms with Crippen molar-refractivity contribution in [2.45, 2.75) is 90.1 Å². The molecule has 0 amide bonds. The summed E-state index contributed by atoms with van der Waals surface area (Å²) < 4.78 is 0. The second-order valence-electron chi connectivity index (χ2n) is 11.2. The van der Waals surface area contributed by atoms with Gasteiger partial charge in [0.05, 0.1) is 5.60 Å². The van der Waals surface area contributed by atoms with E-state index in [0.717, 1.165) is 54.3 Å².